The van der Waals surface area contributed by atoms with Gasteiger partial charge in [0, 0.05) is 56.3 Å². The number of benzene rings is 4. The molecule has 0 aliphatic carbocycles. The number of aromatic carboxylic acids is 2. The van der Waals surface area contributed by atoms with Gasteiger partial charge in [-0.2, -0.15) is 0 Å². The smallest absolute Gasteiger partial charge is 0.266 e. The van der Waals surface area contributed by atoms with E-state index < -0.39 is 69.6 Å². The summed E-state index contributed by atoms with van der Waals surface area (Å²) in [5.41, 5.74) is -2.49. The zero-order chi connectivity index (χ0) is 28.6. The van der Waals surface area contributed by atoms with Crippen LogP contribution in [0.25, 0.3) is 10.8 Å². The quantitative estimate of drug-likeness (QED) is 0.348. The minimum absolute atomic E-state index is 0.0335. The number of amides is 4. The predicted octanol–water partition coefficient (Wildman–Crippen LogP) is 0.579. The summed E-state index contributed by atoms with van der Waals surface area (Å²) in [7, 11) is 0. The third-order valence-electron chi connectivity index (χ3n) is 6.78. The maximum Gasteiger partial charge on any atom is 0.266 e. The monoisotopic (exact) mass is 536 g/mol. The molecule has 0 saturated carbocycles. The van der Waals surface area contributed by atoms with Crippen LogP contribution < -0.4 is 20.0 Å². The fraction of sp³-hybridized carbons (Fsp3) is 0. The second kappa shape index (κ2) is 8.23. The molecule has 2 heterocycles. The first-order chi connectivity index (χ1) is 19.0. The van der Waals surface area contributed by atoms with Crippen molar-refractivity contribution in [2.75, 3.05) is 9.80 Å². The predicted molar refractivity (Wildman–Crippen MR) is 131 cm³/mol. The van der Waals surface area contributed by atoms with Gasteiger partial charge in [-0.1, -0.05) is 0 Å². The molecule has 4 amide bonds. The molecule has 0 unspecified atom stereocenters. The zero-order valence-electron chi connectivity index (χ0n) is 19.8. The van der Waals surface area contributed by atoms with Gasteiger partial charge in [-0.05, 0) is 48.5 Å². The number of anilines is 2. The largest absolute Gasteiger partial charge is 0.545 e. The molecule has 4 aromatic carbocycles. The Labute approximate surface area is 222 Å². The number of imide groups is 2. The minimum Gasteiger partial charge on any atom is -0.545 e. The van der Waals surface area contributed by atoms with E-state index in [4.69, 9.17) is 0 Å². The van der Waals surface area contributed by atoms with Gasteiger partial charge in [-0.3, -0.25) is 19.2 Å². The van der Waals surface area contributed by atoms with E-state index in [1.807, 2.05) is 0 Å². The third-order valence-corrected chi connectivity index (χ3v) is 6.78. The molecule has 0 spiro atoms. The number of phenols is 2. The molecule has 0 atom stereocenters. The molecule has 196 valence electrons. The Morgan fingerprint density at radius 3 is 1.10 bits per heavy atom. The van der Waals surface area contributed by atoms with Crippen LogP contribution in [0.15, 0.2) is 60.7 Å². The van der Waals surface area contributed by atoms with Gasteiger partial charge in [0.1, 0.15) is 11.5 Å². The first kappa shape index (κ1) is 24.3. The molecule has 0 saturated heterocycles. The molecule has 2 N–H and O–H groups in total. The van der Waals surface area contributed by atoms with Crippen LogP contribution in [0.4, 0.5) is 11.4 Å². The molecule has 12 heteroatoms. The number of carbonyl (C=O) groups is 6. The second-order valence-corrected chi connectivity index (χ2v) is 8.94. The molecule has 0 fully saturated rings. The summed E-state index contributed by atoms with van der Waals surface area (Å²) in [6, 6.07) is 10.7. The van der Waals surface area contributed by atoms with Crippen LogP contribution in [0.5, 0.6) is 11.5 Å². The van der Waals surface area contributed by atoms with Gasteiger partial charge < -0.3 is 30.0 Å². The second-order valence-electron chi connectivity index (χ2n) is 8.94. The molecule has 6 rings (SSSR count). The molecule has 4 aromatic rings. The number of phenolic OH excluding ortho intramolecular Hbond substituents is 2. The summed E-state index contributed by atoms with van der Waals surface area (Å²) in [6.45, 7) is 0. The van der Waals surface area contributed by atoms with Crippen molar-refractivity contribution in [3.05, 3.63) is 94.0 Å². The van der Waals surface area contributed by atoms with Gasteiger partial charge in [0.05, 0.1) is 23.3 Å². The summed E-state index contributed by atoms with van der Waals surface area (Å²) < 4.78 is 0. The Morgan fingerprint density at radius 2 is 0.825 bits per heavy atom. The Bertz CT molecular complexity index is 1720. The highest BCUT2D eigenvalue weighted by molar-refractivity contribution is 6.42. The average Bonchev–Trinajstić information content (AvgIpc) is 2.90. The number of carboxylic acid groups (broad SMARTS) is 2. The number of aromatic hydroxyl groups is 2. The van der Waals surface area contributed by atoms with E-state index in [-0.39, 0.29) is 33.0 Å². The molecule has 2 aliphatic heterocycles. The van der Waals surface area contributed by atoms with Gasteiger partial charge in [0.15, 0.2) is 0 Å². The van der Waals surface area contributed by atoms with E-state index in [0.717, 1.165) is 36.4 Å². The van der Waals surface area contributed by atoms with Gasteiger partial charge in [0.2, 0.25) is 0 Å². The Balaban J connectivity index is 1.57. The van der Waals surface area contributed by atoms with Gasteiger partial charge in [0.25, 0.3) is 23.6 Å². The van der Waals surface area contributed by atoms with E-state index in [1.54, 1.807) is 0 Å². The summed E-state index contributed by atoms with van der Waals surface area (Å²) in [5, 5.41) is 43.2. The summed E-state index contributed by atoms with van der Waals surface area (Å²) in [5.74, 6) is -8.18. The van der Waals surface area contributed by atoms with Crippen LogP contribution in [-0.2, 0) is 0 Å². The van der Waals surface area contributed by atoms with Crippen LogP contribution in [0.1, 0.15) is 62.1 Å². The lowest BCUT2D eigenvalue weighted by Crippen LogP contribution is -2.44. The highest BCUT2D eigenvalue weighted by Crippen LogP contribution is 2.41. The summed E-state index contributed by atoms with van der Waals surface area (Å²) in [6.07, 6.45) is 0. The highest BCUT2D eigenvalue weighted by Gasteiger charge is 2.41. The minimum atomic E-state index is -1.70. The molecule has 0 radical (unpaired) electrons. The lowest BCUT2D eigenvalue weighted by Gasteiger charge is -2.33. The van der Waals surface area contributed by atoms with Crippen LogP contribution in [0.2, 0.25) is 0 Å². The van der Waals surface area contributed by atoms with Crippen molar-refractivity contribution in [2.45, 2.75) is 0 Å². The first-order valence-electron chi connectivity index (χ1n) is 11.5. The summed E-state index contributed by atoms with van der Waals surface area (Å²) >= 11 is 0. The number of hydrogen-bond acceptors (Lipinski definition) is 10. The maximum absolute atomic E-state index is 13.6. The molecule has 12 nitrogen and oxygen atoms in total. The molecule has 0 aromatic heterocycles. The Morgan fingerprint density at radius 1 is 0.525 bits per heavy atom. The van der Waals surface area contributed by atoms with Crippen molar-refractivity contribution in [3.8, 4) is 11.5 Å². The normalized spacial score (nSPS) is 14.2. The van der Waals surface area contributed by atoms with Crippen molar-refractivity contribution in [2.24, 2.45) is 0 Å². The zero-order valence-corrected chi connectivity index (χ0v) is 19.8. The van der Waals surface area contributed by atoms with E-state index in [2.05, 4.69) is 0 Å². The number of carboxylic acids is 2. The summed E-state index contributed by atoms with van der Waals surface area (Å²) in [4.78, 5) is 78.8. The molecule has 0 bridgehead atoms. The van der Waals surface area contributed by atoms with E-state index in [1.165, 1.54) is 24.3 Å². The lowest BCUT2D eigenvalue weighted by molar-refractivity contribution is -0.256. The SMILES string of the molecule is O=C([O-])c1ccc(O)cc1N1C(=O)c2ccc3c4c(ccc(c24)C1=O)C(=O)N(c1cc(O)ccc1C(=O)[O-])C3=O. The number of nitrogens with zero attached hydrogens (tertiary/aromatic N) is 2. The fourth-order valence-electron chi connectivity index (χ4n) is 5.07. The van der Waals surface area contributed by atoms with Crippen molar-refractivity contribution in [3.63, 3.8) is 0 Å². The van der Waals surface area contributed by atoms with E-state index in [9.17, 15) is 49.2 Å². The lowest BCUT2D eigenvalue weighted by atomic mass is 9.85. The fourth-order valence-corrected chi connectivity index (χ4v) is 5.07. The molecule has 2 aliphatic rings. The van der Waals surface area contributed by atoms with Gasteiger partial charge in [-0.15, -0.1) is 0 Å². The molecule has 40 heavy (non-hydrogen) atoms. The third kappa shape index (κ3) is 3.19. The Kier molecular flexibility index (Phi) is 5.00. The topological polar surface area (TPSA) is 195 Å². The molecular formula is C28H12N2O10-2. The standard InChI is InChI=1S/C28H14N2O10/c31-11-1-3-13(27(37)38)19(9-11)29-23(33)15-5-7-17-22-18(8-6-16(21(15)22)24(29)34)26(36)30(25(17)35)20-10-12(32)2-4-14(20)28(39)40/h1-10,31-32H,(H,37,38)(H,39,40)/p-2. The highest BCUT2D eigenvalue weighted by atomic mass is 16.4. The van der Waals surface area contributed by atoms with Crippen molar-refractivity contribution >= 4 is 57.7 Å². The molecular weight excluding hydrogens is 524 g/mol. The van der Waals surface area contributed by atoms with Crippen LogP contribution in [0, 0.1) is 0 Å². The van der Waals surface area contributed by atoms with Gasteiger partial charge in [-0.25, -0.2) is 9.80 Å². The van der Waals surface area contributed by atoms with Crippen molar-refractivity contribution < 1.29 is 49.2 Å². The number of hydrogen-bond donors (Lipinski definition) is 2. The first-order valence-corrected chi connectivity index (χ1v) is 11.5. The Hall–Kier alpha value is -6.04. The van der Waals surface area contributed by atoms with Crippen LogP contribution in [-0.4, -0.2) is 45.8 Å². The van der Waals surface area contributed by atoms with E-state index >= 15 is 0 Å². The average molecular weight is 536 g/mol. The van der Waals surface area contributed by atoms with Crippen molar-refractivity contribution in [1.82, 2.24) is 0 Å². The van der Waals surface area contributed by atoms with Crippen LogP contribution in [0.3, 0.4) is 0 Å². The number of rotatable bonds is 4. The van der Waals surface area contributed by atoms with Crippen LogP contribution >= 0.6 is 0 Å². The van der Waals surface area contributed by atoms with Crippen molar-refractivity contribution in [1.29, 1.82) is 0 Å². The van der Waals surface area contributed by atoms with E-state index in [0.29, 0.717) is 9.80 Å². The van der Waals surface area contributed by atoms with Gasteiger partial charge >= 0.3 is 0 Å². The maximum atomic E-state index is 13.6. The number of carbonyl (C=O) groups excluding carboxylic acids is 6.